The molecule has 0 atom stereocenters. The highest BCUT2D eigenvalue weighted by molar-refractivity contribution is 8.26. The highest BCUT2D eigenvalue weighted by Crippen LogP contribution is 2.32. The van der Waals surface area contributed by atoms with Crippen LogP contribution in [0.4, 0.5) is 0 Å². The third kappa shape index (κ3) is 4.95. The first-order valence-corrected chi connectivity index (χ1v) is 10.5. The minimum absolute atomic E-state index is 0.00278. The van der Waals surface area contributed by atoms with Gasteiger partial charge in [-0.15, -0.1) is 0 Å². The quantitative estimate of drug-likeness (QED) is 0.401. The van der Waals surface area contributed by atoms with Crippen LogP contribution < -0.4 is 0 Å². The van der Waals surface area contributed by atoms with Crippen molar-refractivity contribution in [2.45, 2.75) is 38.5 Å². The van der Waals surface area contributed by atoms with Crippen molar-refractivity contribution >= 4 is 46.2 Å². The molecule has 2 amide bonds. The van der Waals surface area contributed by atoms with Gasteiger partial charge >= 0.3 is 0 Å². The van der Waals surface area contributed by atoms with Crippen LogP contribution in [0.1, 0.15) is 44.1 Å². The number of benzene rings is 1. The lowest BCUT2D eigenvalue weighted by Crippen LogP contribution is -2.29. The molecular weight excluding hydrogens is 364 g/mol. The van der Waals surface area contributed by atoms with E-state index in [2.05, 4.69) is 0 Å². The van der Waals surface area contributed by atoms with Crippen LogP contribution in [0.5, 0.6) is 0 Å². The molecule has 6 heteroatoms. The topological polar surface area (TPSA) is 40.6 Å². The van der Waals surface area contributed by atoms with Crippen LogP contribution in [0.3, 0.4) is 0 Å². The second-order valence-electron chi connectivity index (χ2n) is 6.64. The van der Waals surface area contributed by atoms with Crippen LogP contribution in [0.15, 0.2) is 35.2 Å². The summed E-state index contributed by atoms with van der Waals surface area (Å²) in [6.07, 6.45) is 7.48. The summed E-state index contributed by atoms with van der Waals surface area (Å²) in [5.41, 5.74) is 1.01. The average Bonchev–Trinajstić information content (AvgIpc) is 3.26. The number of likely N-dealkylation sites (tertiary alicyclic amines) is 1. The van der Waals surface area contributed by atoms with E-state index >= 15 is 0 Å². The van der Waals surface area contributed by atoms with Crippen molar-refractivity contribution in [3.63, 3.8) is 0 Å². The number of amides is 2. The Balaban J connectivity index is 1.42. The van der Waals surface area contributed by atoms with Crippen LogP contribution in [0.2, 0.25) is 0 Å². The molecule has 138 valence electrons. The third-order valence-corrected chi connectivity index (χ3v) is 6.08. The Hall–Kier alpha value is -1.66. The number of hydrogen-bond donors (Lipinski definition) is 0. The van der Waals surface area contributed by atoms with E-state index in [-0.39, 0.29) is 11.8 Å². The maximum atomic E-state index is 12.6. The standard InChI is InChI=1S/C20H24N2O2S2/c23-18(21-12-7-8-13-21)11-5-2-6-14-22-19(24)17(26-20(22)25)15-16-9-3-1-4-10-16/h1,3-4,9-10,15H,2,5-8,11-14H2/b17-15-. The number of hydrogen-bond acceptors (Lipinski definition) is 4. The van der Waals surface area contributed by atoms with Gasteiger partial charge in [-0.25, -0.2) is 0 Å². The molecule has 0 bridgehead atoms. The predicted molar refractivity (Wildman–Crippen MR) is 111 cm³/mol. The largest absolute Gasteiger partial charge is 0.343 e. The molecule has 0 aliphatic carbocycles. The van der Waals surface area contributed by atoms with Gasteiger partial charge in [-0.2, -0.15) is 0 Å². The Labute approximate surface area is 164 Å². The van der Waals surface area contributed by atoms with E-state index < -0.39 is 0 Å². The van der Waals surface area contributed by atoms with Gasteiger partial charge in [0.1, 0.15) is 4.32 Å². The van der Waals surface area contributed by atoms with Gasteiger partial charge in [-0.3, -0.25) is 14.5 Å². The molecule has 2 fully saturated rings. The van der Waals surface area contributed by atoms with Crippen LogP contribution in [-0.4, -0.2) is 45.6 Å². The SMILES string of the molecule is O=C(CCCCCN1C(=O)/C(=C/c2ccccc2)SC1=S)N1CCCC1. The molecule has 0 aromatic heterocycles. The van der Waals surface area contributed by atoms with Crippen LogP contribution in [-0.2, 0) is 9.59 Å². The van der Waals surface area contributed by atoms with E-state index in [9.17, 15) is 9.59 Å². The van der Waals surface area contributed by atoms with Crippen LogP contribution in [0, 0.1) is 0 Å². The Bertz CT molecular complexity index is 697. The molecule has 0 unspecified atom stereocenters. The fourth-order valence-corrected chi connectivity index (χ4v) is 4.55. The molecule has 2 aliphatic heterocycles. The maximum absolute atomic E-state index is 12.6. The van der Waals surface area contributed by atoms with Gasteiger partial charge in [0, 0.05) is 26.1 Å². The fourth-order valence-electron chi connectivity index (χ4n) is 3.24. The van der Waals surface area contributed by atoms with E-state index in [1.54, 1.807) is 4.90 Å². The summed E-state index contributed by atoms with van der Waals surface area (Å²) in [7, 11) is 0. The summed E-state index contributed by atoms with van der Waals surface area (Å²) in [6, 6.07) is 9.82. The maximum Gasteiger partial charge on any atom is 0.266 e. The van der Waals surface area contributed by atoms with Crippen molar-refractivity contribution in [1.82, 2.24) is 9.80 Å². The minimum atomic E-state index is -0.00278. The Morgan fingerprint density at radius 1 is 1.12 bits per heavy atom. The number of nitrogens with zero attached hydrogens (tertiary/aromatic N) is 2. The second-order valence-corrected chi connectivity index (χ2v) is 8.32. The van der Waals surface area contributed by atoms with Gasteiger partial charge in [0.15, 0.2) is 0 Å². The molecule has 0 saturated carbocycles. The first-order chi connectivity index (χ1) is 12.6. The monoisotopic (exact) mass is 388 g/mol. The summed E-state index contributed by atoms with van der Waals surface area (Å²) in [6.45, 7) is 2.47. The van der Waals surface area contributed by atoms with Crippen molar-refractivity contribution in [3.8, 4) is 0 Å². The minimum Gasteiger partial charge on any atom is -0.343 e. The van der Waals surface area contributed by atoms with Crippen LogP contribution in [0.25, 0.3) is 6.08 Å². The van der Waals surface area contributed by atoms with E-state index in [1.165, 1.54) is 11.8 Å². The normalized spacial score (nSPS) is 19.0. The predicted octanol–water partition coefficient (Wildman–Crippen LogP) is 4.07. The molecule has 3 rings (SSSR count). The second kappa shape index (κ2) is 9.33. The fraction of sp³-hybridized carbons (Fsp3) is 0.450. The van der Waals surface area contributed by atoms with Gasteiger partial charge in [0.2, 0.25) is 5.91 Å². The van der Waals surface area contributed by atoms with Crippen molar-refractivity contribution < 1.29 is 9.59 Å². The summed E-state index contributed by atoms with van der Waals surface area (Å²) in [5, 5.41) is 0. The molecule has 26 heavy (non-hydrogen) atoms. The smallest absolute Gasteiger partial charge is 0.266 e. The molecule has 2 aliphatic rings. The lowest BCUT2D eigenvalue weighted by Gasteiger charge is -2.16. The Kier molecular flexibility index (Phi) is 6.86. The van der Waals surface area contributed by atoms with Gasteiger partial charge in [0.25, 0.3) is 5.91 Å². The average molecular weight is 389 g/mol. The summed E-state index contributed by atoms with van der Waals surface area (Å²) < 4.78 is 0.630. The third-order valence-electron chi connectivity index (χ3n) is 4.70. The summed E-state index contributed by atoms with van der Waals surface area (Å²) in [4.78, 5) is 28.9. The highest BCUT2D eigenvalue weighted by atomic mass is 32.2. The molecule has 1 aromatic rings. The van der Waals surface area contributed by atoms with E-state index in [1.807, 2.05) is 41.3 Å². The zero-order chi connectivity index (χ0) is 18.4. The molecule has 0 spiro atoms. The first kappa shape index (κ1) is 19.1. The van der Waals surface area contributed by atoms with E-state index in [0.29, 0.717) is 22.2 Å². The zero-order valence-electron chi connectivity index (χ0n) is 14.9. The summed E-state index contributed by atoms with van der Waals surface area (Å²) >= 11 is 6.74. The number of thioether (sulfide) groups is 1. The Morgan fingerprint density at radius 2 is 1.85 bits per heavy atom. The Morgan fingerprint density at radius 3 is 2.58 bits per heavy atom. The lowest BCUT2D eigenvalue weighted by atomic mass is 10.1. The summed E-state index contributed by atoms with van der Waals surface area (Å²) in [5.74, 6) is 0.274. The molecular formula is C20H24N2O2S2. The number of rotatable bonds is 7. The number of thiocarbonyl (C=S) groups is 1. The van der Waals surface area contributed by atoms with Gasteiger partial charge in [-0.1, -0.05) is 60.7 Å². The first-order valence-electron chi connectivity index (χ1n) is 9.23. The van der Waals surface area contributed by atoms with Gasteiger partial charge in [-0.05, 0) is 37.3 Å². The zero-order valence-corrected chi connectivity index (χ0v) is 16.5. The van der Waals surface area contributed by atoms with Crippen molar-refractivity contribution in [1.29, 1.82) is 0 Å². The van der Waals surface area contributed by atoms with E-state index in [4.69, 9.17) is 12.2 Å². The highest BCUT2D eigenvalue weighted by Gasteiger charge is 2.31. The molecule has 1 aromatic carbocycles. The molecule has 0 N–H and O–H groups in total. The molecule has 0 radical (unpaired) electrons. The van der Waals surface area contributed by atoms with Gasteiger partial charge in [0.05, 0.1) is 4.91 Å². The molecule has 4 nitrogen and oxygen atoms in total. The van der Waals surface area contributed by atoms with E-state index in [0.717, 1.165) is 50.8 Å². The number of carbonyl (C=O) groups excluding carboxylic acids is 2. The van der Waals surface area contributed by atoms with Crippen molar-refractivity contribution in [2.75, 3.05) is 19.6 Å². The van der Waals surface area contributed by atoms with Crippen LogP contribution >= 0.6 is 24.0 Å². The lowest BCUT2D eigenvalue weighted by molar-refractivity contribution is -0.130. The molecule has 2 heterocycles. The van der Waals surface area contributed by atoms with Gasteiger partial charge < -0.3 is 4.90 Å². The molecule has 2 saturated heterocycles. The number of carbonyl (C=O) groups is 2. The van der Waals surface area contributed by atoms with Crippen molar-refractivity contribution in [3.05, 3.63) is 40.8 Å². The van der Waals surface area contributed by atoms with Crippen molar-refractivity contribution in [2.24, 2.45) is 0 Å². The number of unbranched alkanes of at least 4 members (excludes halogenated alkanes) is 2.